The molecule has 0 saturated carbocycles. The molecule has 2 aromatic rings. The smallest absolute Gasteiger partial charge is 0.417 e. The van der Waals surface area contributed by atoms with Gasteiger partial charge in [0.2, 0.25) is 18.1 Å². The number of aromatic nitrogens is 1. The molecule has 0 radical (unpaired) electrons. The number of furan rings is 1. The molecule has 0 saturated heterocycles. The van der Waals surface area contributed by atoms with Gasteiger partial charge >= 0.3 is 6.18 Å². The van der Waals surface area contributed by atoms with Gasteiger partial charge in [-0.05, 0) is 39.0 Å². The van der Waals surface area contributed by atoms with E-state index in [4.69, 9.17) is 4.42 Å². The van der Waals surface area contributed by atoms with E-state index < -0.39 is 29.3 Å². The Morgan fingerprint density at radius 3 is 2.46 bits per heavy atom. The maximum atomic E-state index is 12.6. The Balaban J connectivity index is 0.000000345. The van der Waals surface area contributed by atoms with Crippen molar-refractivity contribution in [1.82, 2.24) is 10.3 Å². The normalized spacial score (nSPS) is 15.8. The van der Waals surface area contributed by atoms with E-state index in [2.05, 4.69) is 15.6 Å². The molecule has 0 aliphatic carbocycles. The summed E-state index contributed by atoms with van der Waals surface area (Å²) in [5.74, 6) is -2.72. The number of Topliss-reactive ketones (excluding diaryl/α,β-unsaturated/α-hetero) is 1. The fraction of sp³-hybridized carbons (Fsp3) is 0.333. The number of rotatable bonds is 3. The molecule has 1 aliphatic heterocycles. The van der Waals surface area contributed by atoms with Gasteiger partial charge in [-0.1, -0.05) is 0 Å². The first-order valence-electron chi connectivity index (χ1n) is 8.11. The molecule has 10 heteroatoms. The van der Waals surface area contributed by atoms with Gasteiger partial charge in [-0.15, -0.1) is 0 Å². The number of hydrogen-bond acceptors (Lipinski definition) is 5. The summed E-state index contributed by atoms with van der Waals surface area (Å²) in [5.41, 5.74) is -1.20. The van der Waals surface area contributed by atoms with Crippen LogP contribution in [0.1, 0.15) is 48.5 Å². The van der Waals surface area contributed by atoms with Crippen LogP contribution in [0.25, 0.3) is 0 Å². The summed E-state index contributed by atoms with van der Waals surface area (Å²) < 4.78 is 42.7. The number of carbonyl (C=O) groups excluding carboxylic acids is 3. The number of alkyl halides is 3. The van der Waals surface area contributed by atoms with Gasteiger partial charge in [-0.3, -0.25) is 19.4 Å². The van der Waals surface area contributed by atoms with Gasteiger partial charge < -0.3 is 15.1 Å². The van der Waals surface area contributed by atoms with E-state index in [1.807, 2.05) is 20.8 Å². The topological polar surface area (TPSA) is 101 Å². The van der Waals surface area contributed by atoms with Gasteiger partial charge in [0.05, 0.1) is 23.2 Å². The molecule has 150 valence electrons. The molecule has 3 rings (SSSR count). The van der Waals surface area contributed by atoms with Crippen molar-refractivity contribution in [1.29, 1.82) is 0 Å². The van der Waals surface area contributed by atoms with Crippen LogP contribution in [0, 0.1) is 0 Å². The van der Waals surface area contributed by atoms with Crippen molar-refractivity contribution in [2.24, 2.45) is 0 Å². The Labute approximate surface area is 158 Å². The monoisotopic (exact) mass is 397 g/mol. The van der Waals surface area contributed by atoms with Gasteiger partial charge in [0.15, 0.2) is 5.76 Å². The number of nitrogens with zero attached hydrogens (tertiary/aromatic N) is 1. The predicted molar refractivity (Wildman–Crippen MR) is 92.6 cm³/mol. The molecule has 0 fully saturated rings. The highest BCUT2D eigenvalue weighted by atomic mass is 19.4. The maximum absolute atomic E-state index is 12.6. The van der Waals surface area contributed by atoms with Crippen LogP contribution in [0.3, 0.4) is 0 Å². The van der Waals surface area contributed by atoms with Crippen molar-refractivity contribution >= 4 is 23.8 Å². The molecule has 3 heterocycles. The summed E-state index contributed by atoms with van der Waals surface area (Å²) in [6, 6.07) is 3.61. The molecule has 7 nitrogen and oxygen atoms in total. The molecule has 0 aromatic carbocycles. The van der Waals surface area contributed by atoms with Crippen LogP contribution >= 0.6 is 0 Å². The first kappa shape index (κ1) is 21.1. The number of halogens is 3. The van der Waals surface area contributed by atoms with Gasteiger partial charge in [0, 0.05) is 11.7 Å². The number of anilines is 1. The maximum Gasteiger partial charge on any atom is 0.417 e. The highest BCUT2D eigenvalue weighted by molar-refractivity contribution is 6.20. The van der Waals surface area contributed by atoms with E-state index >= 15 is 0 Å². The molecule has 1 aliphatic rings. The van der Waals surface area contributed by atoms with Gasteiger partial charge in [0.25, 0.3) is 0 Å². The van der Waals surface area contributed by atoms with E-state index in [0.29, 0.717) is 12.6 Å². The Kier molecular flexibility index (Phi) is 5.91. The van der Waals surface area contributed by atoms with Crippen molar-refractivity contribution in [2.75, 3.05) is 5.32 Å². The second-order valence-electron chi connectivity index (χ2n) is 6.93. The number of pyridine rings is 1. The third kappa shape index (κ3) is 4.96. The molecular weight excluding hydrogens is 379 g/mol. The molecular formula is C18H18F3N3O4. The number of nitrogens with one attached hydrogen (secondary N) is 2. The lowest BCUT2D eigenvalue weighted by atomic mass is 9.99. The zero-order valence-electron chi connectivity index (χ0n) is 15.3. The largest absolute Gasteiger partial charge is 0.461 e. The number of ketones is 1. The Bertz CT molecular complexity index is 871. The van der Waals surface area contributed by atoms with Crippen LogP contribution < -0.4 is 10.6 Å². The summed E-state index contributed by atoms with van der Waals surface area (Å²) in [4.78, 5) is 37.3. The van der Waals surface area contributed by atoms with E-state index in [1.54, 1.807) is 0 Å². The number of amides is 2. The second-order valence-corrected chi connectivity index (χ2v) is 6.93. The highest BCUT2D eigenvalue weighted by Gasteiger charge is 2.41. The first-order valence-corrected chi connectivity index (χ1v) is 8.11. The van der Waals surface area contributed by atoms with E-state index in [9.17, 15) is 27.6 Å². The average Bonchev–Trinajstić information content (AvgIpc) is 3.19. The van der Waals surface area contributed by atoms with Crippen LogP contribution in [0.2, 0.25) is 0 Å². The van der Waals surface area contributed by atoms with E-state index in [0.717, 1.165) is 6.07 Å². The lowest BCUT2D eigenvalue weighted by Crippen LogP contribution is -2.34. The second kappa shape index (κ2) is 7.83. The summed E-state index contributed by atoms with van der Waals surface area (Å²) in [7, 11) is 0. The minimum atomic E-state index is -4.57. The molecule has 28 heavy (non-hydrogen) atoms. The third-order valence-corrected chi connectivity index (χ3v) is 3.56. The molecule has 0 bridgehead atoms. The standard InChI is InChI=1S/C13H7F3N2O3.C5H11NO/c14-13(15,16)6-4-7-10(17-5-6)9(12(20)18-7)11(19)8-2-1-3-21-8;1-5(2,3)6-4-7/h1-5,9H,(H,18,20);4H,1-3H3,(H,6,7). The minimum Gasteiger partial charge on any atom is -0.461 e. The van der Waals surface area contributed by atoms with Crippen LogP contribution in [-0.4, -0.2) is 28.6 Å². The van der Waals surface area contributed by atoms with Gasteiger partial charge in [-0.2, -0.15) is 13.2 Å². The first-order chi connectivity index (χ1) is 12.9. The van der Waals surface area contributed by atoms with Crippen LogP contribution in [0.15, 0.2) is 35.1 Å². The van der Waals surface area contributed by atoms with Gasteiger partial charge in [-0.25, -0.2) is 0 Å². The fourth-order valence-electron chi connectivity index (χ4n) is 2.27. The Morgan fingerprint density at radius 2 is 2.00 bits per heavy atom. The molecule has 1 atom stereocenters. The third-order valence-electron chi connectivity index (χ3n) is 3.56. The average molecular weight is 397 g/mol. The SMILES string of the molecule is CC(C)(C)NC=O.O=C1Nc2cc(C(F)(F)F)cnc2C1C(=O)c1ccco1. The summed E-state index contributed by atoms with van der Waals surface area (Å²) >= 11 is 0. The zero-order chi connectivity index (χ0) is 21.1. The van der Waals surface area contributed by atoms with Crippen molar-refractivity contribution in [2.45, 2.75) is 38.4 Å². The van der Waals surface area contributed by atoms with E-state index in [1.165, 1.54) is 18.4 Å². The summed E-state index contributed by atoms with van der Waals surface area (Å²) in [5, 5.41) is 4.84. The van der Waals surface area contributed by atoms with Crippen molar-refractivity contribution in [3.8, 4) is 0 Å². The zero-order valence-corrected chi connectivity index (χ0v) is 15.3. The lowest BCUT2D eigenvalue weighted by Gasteiger charge is -2.15. The van der Waals surface area contributed by atoms with E-state index in [-0.39, 0.29) is 22.7 Å². The minimum absolute atomic E-state index is 0.0330. The molecule has 2 aromatic heterocycles. The predicted octanol–water partition coefficient (Wildman–Crippen LogP) is 3.14. The molecule has 1 unspecified atom stereocenters. The van der Waals surface area contributed by atoms with Gasteiger partial charge in [0.1, 0.15) is 5.92 Å². The van der Waals surface area contributed by atoms with Crippen molar-refractivity contribution in [3.05, 3.63) is 47.7 Å². The molecule has 0 spiro atoms. The number of carbonyl (C=O) groups is 3. The Hall–Kier alpha value is -3.17. The van der Waals surface area contributed by atoms with Crippen LogP contribution in [-0.2, 0) is 15.8 Å². The number of hydrogen-bond donors (Lipinski definition) is 2. The highest BCUT2D eigenvalue weighted by Crippen LogP contribution is 2.37. The quantitative estimate of drug-likeness (QED) is 0.471. The van der Waals surface area contributed by atoms with Crippen LogP contribution in [0.5, 0.6) is 0 Å². The lowest BCUT2D eigenvalue weighted by molar-refractivity contribution is -0.137. The van der Waals surface area contributed by atoms with Crippen molar-refractivity contribution in [3.63, 3.8) is 0 Å². The summed E-state index contributed by atoms with van der Waals surface area (Å²) in [6.45, 7) is 5.80. The number of fused-ring (bicyclic) bond motifs is 1. The van der Waals surface area contributed by atoms with Crippen LogP contribution in [0.4, 0.5) is 18.9 Å². The molecule has 2 N–H and O–H groups in total. The summed E-state index contributed by atoms with van der Waals surface area (Å²) in [6.07, 6.45) is -2.00. The van der Waals surface area contributed by atoms with Crippen molar-refractivity contribution < 1.29 is 32.0 Å². The fourth-order valence-corrected chi connectivity index (χ4v) is 2.27. The molecule has 2 amide bonds. The Morgan fingerprint density at radius 1 is 1.32 bits per heavy atom.